The zero-order valence-corrected chi connectivity index (χ0v) is 14.9. The largest absolute Gasteiger partial charge is 0.354 e. The Hall–Kier alpha value is -1.80. The van der Waals surface area contributed by atoms with Crippen LogP contribution in [0.3, 0.4) is 0 Å². The van der Waals surface area contributed by atoms with Crippen molar-refractivity contribution in [2.75, 3.05) is 0 Å². The monoisotopic (exact) mass is 363 g/mol. The minimum absolute atomic E-state index is 0.220. The highest BCUT2D eigenvalue weighted by Crippen LogP contribution is 2.38. The summed E-state index contributed by atoms with van der Waals surface area (Å²) in [5.74, 6) is 0. The number of rotatable bonds is 0. The number of H-pyrrole nitrogens is 1. The molecular formula is C21H18BrN. The van der Waals surface area contributed by atoms with Crippen LogP contribution in [0.1, 0.15) is 37.8 Å². The van der Waals surface area contributed by atoms with Gasteiger partial charge in [0.05, 0.1) is 5.52 Å². The molecular weight excluding hydrogens is 346 g/mol. The van der Waals surface area contributed by atoms with Crippen LogP contribution in [0.4, 0.5) is 0 Å². The first kappa shape index (κ1) is 13.6. The first-order valence-electron chi connectivity index (χ1n) is 8.22. The van der Waals surface area contributed by atoms with Gasteiger partial charge in [-0.3, -0.25) is 0 Å². The molecule has 0 saturated heterocycles. The van der Waals surface area contributed by atoms with Crippen molar-refractivity contribution in [2.24, 2.45) is 0 Å². The van der Waals surface area contributed by atoms with Gasteiger partial charge in [0.25, 0.3) is 0 Å². The molecule has 3 aromatic rings. The highest BCUT2D eigenvalue weighted by molar-refractivity contribution is 9.10. The van der Waals surface area contributed by atoms with Crippen LogP contribution >= 0.6 is 15.9 Å². The summed E-state index contributed by atoms with van der Waals surface area (Å²) < 4.78 is 1.19. The Kier molecular flexibility index (Phi) is 2.60. The molecule has 1 aromatic heterocycles. The molecule has 2 aliphatic rings. The molecule has 23 heavy (non-hydrogen) atoms. The van der Waals surface area contributed by atoms with E-state index in [0.29, 0.717) is 0 Å². The topological polar surface area (TPSA) is 15.8 Å². The molecule has 0 unspecified atom stereocenters. The summed E-state index contributed by atoms with van der Waals surface area (Å²) in [4.78, 5) is 3.67. The number of aromatic nitrogens is 1. The number of hydrogen-bond donors (Lipinski definition) is 1. The molecule has 0 saturated carbocycles. The molecule has 0 atom stereocenters. The van der Waals surface area contributed by atoms with Gasteiger partial charge in [0, 0.05) is 15.2 Å². The average Bonchev–Trinajstić information content (AvgIpc) is 3.07. The Morgan fingerprint density at radius 1 is 1.13 bits per heavy atom. The summed E-state index contributed by atoms with van der Waals surface area (Å²) in [7, 11) is 0. The van der Waals surface area contributed by atoms with Crippen LogP contribution in [0.5, 0.6) is 0 Å². The third-order valence-electron chi connectivity index (χ3n) is 5.45. The van der Waals surface area contributed by atoms with Gasteiger partial charge >= 0.3 is 0 Å². The lowest BCUT2D eigenvalue weighted by atomic mass is 9.77. The van der Waals surface area contributed by atoms with Crippen LogP contribution in [-0.2, 0) is 5.41 Å². The molecule has 5 rings (SSSR count). The normalized spacial score (nSPS) is 17.2. The molecule has 1 nitrogen and oxygen atoms in total. The summed E-state index contributed by atoms with van der Waals surface area (Å²) in [6.07, 6.45) is 7.02. The molecule has 0 radical (unpaired) electrons. The van der Waals surface area contributed by atoms with E-state index in [1.165, 1.54) is 54.6 Å². The summed E-state index contributed by atoms with van der Waals surface area (Å²) in [5, 5.41) is 3.99. The second-order valence-electron chi connectivity index (χ2n) is 7.35. The number of halogens is 1. The fraction of sp³-hybridized carbons (Fsp3) is 0.238. The standard InChI is InChI=1S/C21H18BrN/c1-21(2)9-5-8-17-18(21)16-11-14-13-7-4-3-6-12(13)10-15(14)19(22)20(16)23-17/h3-4,6-8,10-11,23H,5,9H2,1-2H3. The second kappa shape index (κ2) is 4.39. The molecule has 114 valence electrons. The first-order chi connectivity index (χ1) is 11.1. The van der Waals surface area contributed by atoms with Crippen molar-refractivity contribution in [1.29, 1.82) is 0 Å². The summed E-state index contributed by atoms with van der Waals surface area (Å²) in [5.41, 5.74) is 6.95. The van der Waals surface area contributed by atoms with E-state index in [4.69, 9.17) is 0 Å². The van der Waals surface area contributed by atoms with Gasteiger partial charge in [-0.15, -0.1) is 0 Å². The van der Waals surface area contributed by atoms with E-state index in [2.05, 4.69) is 77.2 Å². The van der Waals surface area contributed by atoms with Crippen molar-refractivity contribution in [3.8, 4) is 11.1 Å². The Bertz CT molecular complexity index is 1100. The van der Waals surface area contributed by atoms with Crippen LogP contribution in [0.15, 0.2) is 34.8 Å². The number of aromatic amines is 1. The second-order valence-corrected chi connectivity index (χ2v) is 8.14. The van der Waals surface area contributed by atoms with Crippen molar-refractivity contribution < 1.29 is 0 Å². The van der Waals surface area contributed by atoms with Crippen LogP contribution in [0, 0.1) is 0 Å². The number of hydrogen-bond acceptors (Lipinski definition) is 0. The molecule has 0 amide bonds. The lowest BCUT2D eigenvalue weighted by Crippen LogP contribution is -2.28. The van der Waals surface area contributed by atoms with Crippen molar-refractivity contribution in [2.45, 2.75) is 32.1 Å². The quantitative estimate of drug-likeness (QED) is 0.470. The summed E-state index contributed by atoms with van der Waals surface area (Å²) in [6.45, 7) is 4.74. The fourth-order valence-electron chi connectivity index (χ4n) is 4.30. The van der Waals surface area contributed by atoms with Gasteiger partial charge in [0.1, 0.15) is 0 Å². The van der Waals surface area contributed by atoms with Gasteiger partial charge < -0.3 is 4.98 Å². The number of nitrogens with one attached hydrogen (secondary N) is 1. The van der Waals surface area contributed by atoms with Crippen LogP contribution in [0.2, 0.25) is 0 Å². The Labute approximate surface area is 143 Å². The minimum Gasteiger partial charge on any atom is -0.354 e. The summed E-state index contributed by atoms with van der Waals surface area (Å²) >= 11 is 3.88. The zero-order valence-electron chi connectivity index (χ0n) is 13.3. The zero-order chi connectivity index (χ0) is 15.8. The smallest absolute Gasteiger partial charge is 0.0612 e. The minimum atomic E-state index is 0.220. The lowest BCUT2D eigenvalue weighted by Gasteiger charge is -2.27. The average molecular weight is 364 g/mol. The molecule has 0 spiro atoms. The SMILES string of the molecule is CC1(C)CCC=c2[nH]c3c(Br)c4c(cc3c21)-c1ccccc1C=4. The maximum atomic E-state index is 3.88. The van der Waals surface area contributed by atoms with Gasteiger partial charge in [-0.2, -0.15) is 0 Å². The molecule has 2 aromatic carbocycles. The van der Waals surface area contributed by atoms with Crippen molar-refractivity contribution in [3.05, 3.63) is 56.5 Å². The molecule has 0 bridgehead atoms. The Morgan fingerprint density at radius 2 is 1.96 bits per heavy atom. The maximum absolute atomic E-state index is 3.88. The van der Waals surface area contributed by atoms with Crippen molar-refractivity contribution in [1.82, 2.24) is 4.98 Å². The van der Waals surface area contributed by atoms with Gasteiger partial charge in [0.15, 0.2) is 0 Å². The summed E-state index contributed by atoms with van der Waals surface area (Å²) in [6, 6.07) is 11.1. The Balaban J connectivity index is 1.96. The van der Waals surface area contributed by atoms with Gasteiger partial charge in [0.2, 0.25) is 0 Å². The fourth-order valence-corrected chi connectivity index (χ4v) is 4.94. The van der Waals surface area contributed by atoms with E-state index >= 15 is 0 Å². The van der Waals surface area contributed by atoms with E-state index in [9.17, 15) is 0 Å². The van der Waals surface area contributed by atoms with E-state index < -0.39 is 0 Å². The predicted molar refractivity (Wildman–Crippen MR) is 101 cm³/mol. The molecule has 2 aliphatic carbocycles. The van der Waals surface area contributed by atoms with Crippen LogP contribution in [-0.4, -0.2) is 4.98 Å². The number of fused-ring (bicyclic) bond motifs is 6. The van der Waals surface area contributed by atoms with Gasteiger partial charge in [-0.25, -0.2) is 0 Å². The third kappa shape index (κ3) is 1.73. The maximum Gasteiger partial charge on any atom is 0.0612 e. The highest BCUT2D eigenvalue weighted by atomic mass is 79.9. The molecule has 1 N–H and O–H groups in total. The highest BCUT2D eigenvalue weighted by Gasteiger charge is 2.29. The predicted octanol–water partition coefficient (Wildman–Crippen LogP) is 4.59. The lowest BCUT2D eigenvalue weighted by molar-refractivity contribution is 0.481. The Morgan fingerprint density at radius 3 is 2.83 bits per heavy atom. The molecule has 1 heterocycles. The van der Waals surface area contributed by atoms with Crippen molar-refractivity contribution >= 4 is 39.0 Å². The van der Waals surface area contributed by atoms with Gasteiger partial charge in [-0.05, 0) is 73.8 Å². The molecule has 0 aliphatic heterocycles. The van der Waals surface area contributed by atoms with Crippen LogP contribution < -0.4 is 10.6 Å². The van der Waals surface area contributed by atoms with E-state index in [1.807, 2.05) is 0 Å². The third-order valence-corrected chi connectivity index (χ3v) is 6.27. The number of benzene rings is 2. The van der Waals surface area contributed by atoms with E-state index in [-0.39, 0.29) is 5.41 Å². The van der Waals surface area contributed by atoms with Crippen molar-refractivity contribution in [3.63, 3.8) is 0 Å². The molecule has 0 fully saturated rings. The molecule has 2 heteroatoms. The van der Waals surface area contributed by atoms with Gasteiger partial charge in [-0.1, -0.05) is 44.2 Å². The first-order valence-corrected chi connectivity index (χ1v) is 9.01. The van der Waals surface area contributed by atoms with E-state index in [1.54, 1.807) is 0 Å². The van der Waals surface area contributed by atoms with Crippen LogP contribution in [0.25, 0.3) is 34.2 Å². The van der Waals surface area contributed by atoms with E-state index in [0.717, 1.165) is 6.42 Å².